The molecule has 5 aromatic rings. The number of benzene rings is 4. The third-order valence-corrected chi connectivity index (χ3v) is 5.91. The number of fused-ring (bicyclic) bond motifs is 1. The number of ether oxygens (including phenoxy) is 3. The van der Waals surface area contributed by atoms with Crippen LogP contribution < -0.4 is 14.2 Å². The van der Waals surface area contributed by atoms with Gasteiger partial charge in [-0.1, -0.05) is 72.8 Å². The van der Waals surface area contributed by atoms with Crippen molar-refractivity contribution in [3.8, 4) is 17.2 Å². The molecule has 0 aliphatic heterocycles. The average Bonchev–Trinajstić information content (AvgIpc) is 2.92. The third kappa shape index (κ3) is 5.61. The van der Waals surface area contributed by atoms with E-state index in [4.69, 9.17) is 14.2 Å². The molecule has 5 rings (SSSR count). The third-order valence-electron chi connectivity index (χ3n) is 5.91. The van der Waals surface area contributed by atoms with E-state index in [0.29, 0.717) is 25.4 Å². The Kier molecular flexibility index (Phi) is 6.90. The second-order valence-electron chi connectivity index (χ2n) is 8.35. The molecular weight excluding hydrogens is 434 g/mol. The van der Waals surface area contributed by atoms with Crippen molar-refractivity contribution < 1.29 is 14.2 Å². The van der Waals surface area contributed by atoms with Gasteiger partial charge in [-0.2, -0.15) is 0 Å². The summed E-state index contributed by atoms with van der Waals surface area (Å²) in [7, 11) is 1.67. The highest BCUT2D eigenvalue weighted by Gasteiger charge is 2.12. The van der Waals surface area contributed by atoms with Crippen LogP contribution in [-0.2, 0) is 19.6 Å². The number of aromatic nitrogens is 1. The summed E-state index contributed by atoms with van der Waals surface area (Å²) < 4.78 is 17.7. The highest BCUT2D eigenvalue weighted by atomic mass is 16.5. The molecule has 0 bridgehead atoms. The fraction of sp³-hybridized carbons (Fsp3) is 0.129. The molecule has 0 spiro atoms. The molecular formula is C31H27NO3. The molecule has 35 heavy (non-hydrogen) atoms. The van der Waals surface area contributed by atoms with Crippen LogP contribution in [0.1, 0.15) is 22.4 Å². The number of hydrogen-bond donors (Lipinski definition) is 0. The first-order valence-corrected chi connectivity index (χ1v) is 11.7. The van der Waals surface area contributed by atoms with E-state index < -0.39 is 0 Å². The highest BCUT2D eigenvalue weighted by Crippen LogP contribution is 2.34. The summed E-state index contributed by atoms with van der Waals surface area (Å²) in [5.74, 6) is 2.28. The van der Waals surface area contributed by atoms with Crippen LogP contribution in [0.15, 0.2) is 109 Å². The Balaban J connectivity index is 1.31. The zero-order valence-electron chi connectivity index (χ0n) is 19.7. The number of pyridine rings is 1. The molecule has 0 saturated heterocycles. The Morgan fingerprint density at radius 3 is 1.94 bits per heavy atom. The molecule has 0 unspecified atom stereocenters. The van der Waals surface area contributed by atoms with Crippen LogP contribution in [0.3, 0.4) is 0 Å². The lowest BCUT2D eigenvalue weighted by Gasteiger charge is -2.14. The molecule has 0 N–H and O–H groups in total. The van der Waals surface area contributed by atoms with E-state index in [1.54, 1.807) is 7.11 Å². The predicted octanol–water partition coefficient (Wildman–Crippen LogP) is 6.99. The van der Waals surface area contributed by atoms with Crippen molar-refractivity contribution in [1.82, 2.24) is 4.98 Å². The van der Waals surface area contributed by atoms with E-state index in [1.807, 2.05) is 85.1 Å². The van der Waals surface area contributed by atoms with Crippen molar-refractivity contribution in [2.45, 2.75) is 19.6 Å². The Labute approximate surface area is 205 Å². The fourth-order valence-electron chi connectivity index (χ4n) is 4.03. The van der Waals surface area contributed by atoms with Crippen LogP contribution in [-0.4, -0.2) is 12.1 Å². The van der Waals surface area contributed by atoms with E-state index in [-0.39, 0.29) is 0 Å². The van der Waals surface area contributed by atoms with Gasteiger partial charge in [0.05, 0.1) is 12.8 Å². The summed E-state index contributed by atoms with van der Waals surface area (Å²) in [4.78, 5) is 4.67. The SMILES string of the molecule is COc1cc2c(Cc3ccc(OCc4ccccc4)cc3)nccc2cc1OCc1ccccc1. The van der Waals surface area contributed by atoms with Crippen molar-refractivity contribution in [2.75, 3.05) is 7.11 Å². The monoisotopic (exact) mass is 461 g/mol. The Morgan fingerprint density at radius 1 is 0.629 bits per heavy atom. The Bertz CT molecular complexity index is 1380. The molecule has 0 saturated carbocycles. The molecule has 0 radical (unpaired) electrons. The minimum Gasteiger partial charge on any atom is -0.493 e. The van der Waals surface area contributed by atoms with Gasteiger partial charge in [0, 0.05) is 18.0 Å². The van der Waals surface area contributed by atoms with Crippen LogP contribution >= 0.6 is 0 Å². The summed E-state index contributed by atoms with van der Waals surface area (Å²) in [6.45, 7) is 1.04. The fourth-order valence-corrected chi connectivity index (χ4v) is 4.03. The van der Waals surface area contributed by atoms with Gasteiger partial charge in [0.1, 0.15) is 19.0 Å². The van der Waals surface area contributed by atoms with Crippen LogP contribution in [0.4, 0.5) is 0 Å². The van der Waals surface area contributed by atoms with E-state index in [1.165, 1.54) is 5.56 Å². The van der Waals surface area contributed by atoms with Crippen molar-refractivity contribution in [2.24, 2.45) is 0 Å². The van der Waals surface area contributed by atoms with Gasteiger partial charge in [0.15, 0.2) is 11.5 Å². The average molecular weight is 462 g/mol. The minimum absolute atomic E-state index is 0.485. The maximum absolute atomic E-state index is 6.09. The molecule has 0 aliphatic carbocycles. The number of nitrogens with zero attached hydrogens (tertiary/aromatic N) is 1. The molecule has 174 valence electrons. The van der Waals surface area contributed by atoms with Gasteiger partial charge >= 0.3 is 0 Å². The van der Waals surface area contributed by atoms with Crippen LogP contribution in [0.5, 0.6) is 17.2 Å². The summed E-state index contributed by atoms with van der Waals surface area (Å²) in [6, 6.07) is 34.6. The van der Waals surface area contributed by atoms with Gasteiger partial charge in [0.25, 0.3) is 0 Å². The maximum Gasteiger partial charge on any atom is 0.162 e. The first-order valence-electron chi connectivity index (χ1n) is 11.7. The number of rotatable bonds is 9. The summed E-state index contributed by atoms with van der Waals surface area (Å²) in [5, 5.41) is 2.13. The zero-order chi connectivity index (χ0) is 23.9. The van der Waals surface area contributed by atoms with Crippen LogP contribution in [0.25, 0.3) is 10.8 Å². The topological polar surface area (TPSA) is 40.6 Å². The second-order valence-corrected chi connectivity index (χ2v) is 8.35. The molecule has 0 amide bonds. The standard InChI is InChI=1S/C31H27NO3/c1-33-30-20-28-26(19-31(30)35-22-25-10-6-3-7-11-25)16-17-32-29(28)18-23-12-14-27(15-13-23)34-21-24-8-4-2-5-9-24/h2-17,19-20H,18,21-22H2,1H3. The summed E-state index contributed by atoms with van der Waals surface area (Å²) >= 11 is 0. The molecule has 0 fully saturated rings. The van der Waals surface area contributed by atoms with Gasteiger partial charge in [-0.15, -0.1) is 0 Å². The first kappa shape index (κ1) is 22.5. The van der Waals surface area contributed by atoms with Crippen molar-refractivity contribution in [1.29, 1.82) is 0 Å². The van der Waals surface area contributed by atoms with Gasteiger partial charge in [-0.3, -0.25) is 4.98 Å². The van der Waals surface area contributed by atoms with Gasteiger partial charge in [-0.25, -0.2) is 0 Å². The predicted molar refractivity (Wildman–Crippen MR) is 139 cm³/mol. The van der Waals surface area contributed by atoms with Crippen molar-refractivity contribution in [3.63, 3.8) is 0 Å². The first-order chi connectivity index (χ1) is 17.3. The quantitative estimate of drug-likeness (QED) is 0.237. The molecule has 4 nitrogen and oxygen atoms in total. The zero-order valence-corrected chi connectivity index (χ0v) is 19.7. The summed E-state index contributed by atoms with van der Waals surface area (Å²) in [5.41, 5.74) is 4.42. The lowest BCUT2D eigenvalue weighted by Crippen LogP contribution is -1.99. The molecule has 4 aromatic carbocycles. The lowest BCUT2D eigenvalue weighted by molar-refractivity contribution is 0.285. The molecule has 1 aromatic heterocycles. The summed E-state index contributed by atoms with van der Waals surface area (Å²) in [6.07, 6.45) is 2.56. The lowest BCUT2D eigenvalue weighted by atomic mass is 10.0. The Morgan fingerprint density at radius 2 is 1.29 bits per heavy atom. The van der Waals surface area contributed by atoms with Crippen LogP contribution in [0.2, 0.25) is 0 Å². The van der Waals surface area contributed by atoms with Crippen molar-refractivity contribution in [3.05, 3.63) is 132 Å². The normalized spacial score (nSPS) is 10.8. The molecule has 1 heterocycles. The minimum atomic E-state index is 0.485. The van der Waals surface area contributed by atoms with Gasteiger partial charge in [-0.05, 0) is 52.4 Å². The largest absolute Gasteiger partial charge is 0.493 e. The number of methoxy groups -OCH3 is 1. The highest BCUT2D eigenvalue weighted by molar-refractivity contribution is 5.88. The van der Waals surface area contributed by atoms with Gasteiger partial charge in [0.2, 0.25) is 0 Å². The van der Waals surface area contributed by atoms with Gasteiger partial charge < -0.3 is 14.2 Å². The second kappa shape index (κ2) is 10.7. The van der Waals surface area contributed by atoms with E-state index in [9.17, 15) is 0 Å². The molecule has 0 aliphatic rings. The number of hydrogen-bond acceptors (Lipinski definition) is 4. The van der Waals surface area contributed by atoms with Crippen molar-refractivity contribution >= 4 is 10.8 Å². The van der Waals surface area contributed by atoms with E-state index >= 15 is 0 Å². The maximum atomic E-state index is 6.09. The smallest absolute Gasteiger partial charge is 0.162 e. The van der Waals surface area contributed by atoms with Crippen LogP contribution in [0, 0.1) is 0 Å². The molecule has 4 heteroatoms. The van der Waals surface area contributed by atoms with E-state index in [2.05, 4.69) is 29.2 Å². The molecule has 0 atom stereocenters. The van der Waals surface area contributed by atoms with E-state index in [0.717, 1.165) is 39.1 Å². The Hall–Kier alpha value is -4.31.